The lowest BCUT2D eigenvalue weighted by Crippen LogP contribution is -2.36. The molecule has 2 N–H and O–H groups in total. The molecule has 2 amide bonds. The van der Waals surface area contributed by atoms with Crippen molar-refractivity contribution in [3.63, 3.8) is 0 Å². The second kappa shape index (κ2) is 8.16. The Hall–Kier alpha value is -2.64. The number of hydrogen-bond donors (Lipinski definition) is 2. The molecule has 0 spiro atoms. The van der Waals surface area contributed by atoms with Crippen molar-refractivity contribution >= 4 is 6.03 Å². The number of amides is 2. The zero-order chi connectivity index (χ0) is 19.3. The highest BCUT2D eigenvalue weighted by Crippen LogP contribution is 2.21. The first kappa shape index (κ1) is 19.7. The van der Waals surface area contributed by atoms with Gasteiger partial charge >= 0.3 is 12.2 Å². The summed E-state index contributed by atoms with van der Waals surface area (Å²) in [5.74, 6) is 1.65. The maximum Gasteiger partial charge on any atom is 0.422 e. The third-order valence-corrected chi connectivity index (χ3v) is 3.71. The first-order valence-corrected chi connectivity index (χ1v) is 8.04. The van der Waals surface area contributed by atoms with Gasteiger partial charge in [0.05, 0.1) is 6.04 Å². The molecule has 2 rings (SSSR count). The maximum absolute atomic E-state index is 12.1. The number of carbonyl (C=O) groups excluding carboxylic acids is 1. The van der Waals surface area contributed by atoms with E-state index in [-0.39, 0.29) is 17.8 Å². The standard InChI is InChI=1S/C18H21F3N2O3/c1-11-8-15(13(3)26-11)9-22-17(24)23-12(2)14-4-6-16(7-5-14)25-10-18(19,20)21/h4-8,12H,9-10H2,1-3H3,(H2,22,23,24). The smallest absolute Gasteiger partial charge is 0.422 e. The summed E-state index contributed by atoms with van der Waals surface area (Å²) in [5.41, 5.74) is 1.64. The van der Waals surface area contributed by atoms with E-state index in [2.05, 4.69) is 15.4 Å². The first-order valence-electron chi connectivity index (χ1n) is 8.04. The van der Waals surface area contributed by atoms with E-state index in [4.69, 9.17) is 4.42 Å². The van der Waals surface area contributed by atoms with Gasteiger partial charge in [0.2, 0.25) is 0 Å². The first-order chi connectivity index (χ1) is 12.1. The summed E-state index contributed by atoms with van der Waals surface area (Å²) in [6.07, 6.45) is -4.38. The minimum Gasteiger partial charge on any atom is -0.484 e. The van der Waals surface area contributed by atoms with E-state index >= 15 is 0 Å². The number of aryl methyl sites for hydroxylation is 2. The lowest BCUT2D eigenvalue weighted by Gasteiger charge is -2.16. The summed E-state index contributed by atoms with van der Waals surface area (Å²) in [5, 5.41) is 5.51. The largest absolute Gasteiger partial charge is 0.484 e. The maximum atomic E-state index is 12.1. The fraction of sp³-hybridized carbons (Fsp3) is 0.389. The van der Waals surface area contributed by atoms with Crippen LogP contribution < -0.4 is 15.4 Å². The van der Waals surface area contributed by atoms with E-state index in [9.17, 15) is 18.0 Å². The van der Waals surface area contributed by atoms with Gasteiger partial charge < -0.3 is 19.8 Å². The van der Waals surface area contributed by atoms with Crippen molar-refractivity contribution < 1.29 is 27.1 Å². The summed E-state index contributed by atoms with van der Waals surface area (Å²) >= 11 is 0. The number of rotatable bonds is 6. The zero-order valence-corrected chi connectivity index (χ0v) is 14.7. The van der Waals surface area contributed by atoms with E-state index in [1.807, 2.05) is 19.9 Å². The number of furan rings is 1. The van der Waals surface area contributed by atoms with Crippen molar-refractivity contribution in [1.29, 1.82) is 0 Å². The average Bonchev–Trinajstić information content (AvgIpc) is 2.88. The molecule has 0 saturated heterocycles. The van der Waals surface area contributed by atoms with Crippen molar-refractivity contribution in [1.82, 2.24) is 10.6 Å². The molecule has 1 aromatic carbocycles. The van der Waals surface area contributed by atoms with Crippen LogP contribution in [-0.2, 0) is 6.54 Å². The third-order valence-electron chi connectivity index (χ3n) is 3.71. The zero-order valence-electron chi connectivity index (χ0n) is 14.7. The van der Waals surface area contributed by atoms with Gasteiger partial charge in [0, 0.05) is 12.1 Å². The van der Waals surface area contributed by atoms with Crippen LogP contribution in [0.2, 0.25) is 0 Å². The minimum absolute atomic E-state index is 0.119. The van der Waals surface area contributed by atoms with E-state index in [1.54, 1.807) is 19.1 Å². The summed E-state index contributed by atoms with van der Waals surface area (Å²) in [6.45, 7) is 4.44. The van der Waals surface area contributed by atoms with Crippen LogP contribution in [0.15, 0.2) is 34.7 Å². The molecule has 1 aromatic heterocycles. The highest BCUT2D eigenvalue weighted by molar-refractivity contribution is 5.74. The molecule has 0 aliphatic carbocycles. The monoisotopic (exact) mass is 370 g/mol. The highest BCUT2D eigenvalue weighted by atomic mass is 19.4. The van der Waals surface area contributed by atoms with Crippen LogP contribution in [-0.4, -0.2) is 18.8 Å². The molecule has 0 saturated carbocycles. The van der Waals surface area contributed by atoms with Crippen molar-refractivity contribution in [3.05, 3.63) is 53.0 Å². The van der Waals surface area contributed by atoms with Crippen LogP contribution in [0.4, 0.5) is 18.0 Å². The molecule has 1 unspecified atom stereocenters. The van der Waals surface area contributed by atoms with E-state index < -0.39 is 12.8 Å². The predicted octanol–water partition coefficient (Wildman–Crippen LogP) is 4.40. The summed E-state index contributed by atoms with van der Waals surface area (Å²) in [7, 11) is 0. The van der Waals surface area contributed by atoms with Crippen molar-refractivity contribution in [2.45, 2.75) is 39.5 Å². The van der Waals surface area contributed by atoms with E-state index in [0.717, 1.165) is 22.6 Å². The molecule has 0 aliphatic rings. The Morgan fingerprint density at radius 1 is 1.23 bits per heavy atom. The van der Waals surface area contributed by atoms with Crippen LogP contribution in [0.1, 0.15) is 35.6 Å². The Morgan fingerprint density at radius 3 is 2.42 bits per heavy atom. The minimum atomic E-state index is -4.38. The summed E-state index contributed by atoms with van der Waals surface area (Å²) < 4.78 is 46.4. The third kappa shape index (κ3) is 6.02. The average molecular weight is 370 g/mol. The predicted molar refractivity (Wildman–Crippen MR) is 90.0 cm³/mol. The SMILES string of the molecule is Cc1cc(CNC(=O)NC(C)c2ccc(OCC(F)(F)F)cc2)c(C)o1. The number of nitrogens with one attached hydrogen (secondary N) is 2. The highest BCUT2D eigenvalue weighted by Gasteiger charge is 2.28. The van der Waals surface area contributed by atoms with E-state index in [0.29, 0.717) is 6.54 Å². The van der Waals surface area contributed by atoms with Crippen LogP contribution in [0.25, 0.3) is 0 Å². The number of halogens is 3. The Balaban J connectivity index is 1.83. The molecule has 2 aromatic rings. The number of benzene rings is 1. The fourth-order valence-electron chi connectivity index (χ4n) is 2.38. The number of ether oxygens (including phenoxy) is 1. The Morgan fingerprint density at radius 2 is 1.88 bits per heavy atom. The van der Waals surface area contributed by atoms with Crippen molar-refractivity contribution in [2.24, 2.45) is 0 Å². The lowest BCUT2D eigenvalue weighted by molar-refractivity contribution is -0.153. The second-order valence-electron chi connectivity index (χ2n) is 5.96. The van der Waals surface area contributed by atoms with Crippen LogP contribution in [0.3, 0.4) is 0 Å². The molecule has 0 aliphatic heterocycles. The Kier molecular flexibility index (Phi) is 6.18. The molecule has 142 valence electrons. The molecular weight excluding hydrogens is 349 g/mol. The molecule has 1 heterocycles. The molecule has 0 bridgehead atoms. The molecule has 8 heteroatoms. The Bertz CT molecular complexity index is 739. The van der Waals surface area contributed by atoms with E-state index in [1.165, 1.54) is 12.1 Å². The Labute approximate surface area is 149 Å². The number of hydrogen-bond acceptors (Lipinski definition) is 3. The summed E-state index contributed by atoms with van der Waals surface area (Å²) in [4.78, 5) is 12.0. The topological polar surface area (TPSA) is 63.5 Å². The molecule has 0 fully saturated rings. The summed E-state index contributed by atoms with van der Waals surface area (Å²) in [6, 6.07) is 7.29. The van der Waals surface area contributed by atoms with Crippen LogP contribution >= 0.6 is 0 Å². The number of urea groups is 1. The molecular formula is C18H21F3N2O3. The van der Waals surface area contributed by atoms with Gasteiger partial charge in [0.1, 0.15) is 17.3 Å². The van der Waals surface area contributed by atoms with Gasteiger partial charge in [-0.1, -0.05) is 12.1 Å². The van der Waals surface area contributed by atoms with Gasteiger partial charge in [0.15, 0.2) is 6.61 Å². The van der Waals surface area contributed by atoms with Crippen LogP contribution in [0.5, 0.6) is 5.75 Å². The van der Waals surface area contributed by atoms with Gasteiger partial charge in [-0.3, -0.25) is 0 Å². The van der Waals surface area contributed by atoms with Gasteiger partial charge in [-0.2, -0.15) is 13.2 Å². The van der Waals surface area contributed by atoms with Crippen LogP contribution in [0, 0.1) is 13.8 Å². The lowest BCUT2D eigenvalue weighted by atomic mass is 10.1. The van der Waals surface area contributed by atoms with Gasteiger partial charge in [0.25, 0.3) is 0 Å². The van der Waals surface area contributed by atoms with Gasteiger partial charge in [-0.05, 0) is 44.5 Å². The number of carbonyl (C=O) groups is 1. The van der Waals surface area contributed by atoms with Gasteiger partial charge in [-0.25, -0.2) is 4.79 Å². The van der Waals surface area contributed by atoms with Gasteiger partial charge in [-0.15, -0.1) is 0 Å². The quantitative estimate of drug-likeness (QED) is 0.792. The fourth-order valence-corrected chi connectivity index (χ4v) is 2.38. The molecule has 26 heavy (non-hydrogen) atoms. The second-order valence-corrected chi connectivity index (χ2v) is 5.96. The normalized spacial score (nSPS) is 12.5. The van der Waals surface area contributed by atoms with Crippen molar-refractivity contribution in [3.8, 4) is 5.75 Å². The molecule has 1 atom stereocenters. The van der Waals surface area contributed by atoms with Crippen molar-refractivity contribution in [2.75, 3.05) is 6.61 Å². The molecule has 0 radical (unpaired) electrons. The number of alkyl halides is 3. The molecule has 5 nitrogen and oxygen atoms in total.